The lowest BCUT2D eigenvalue weighted by molar-refractivity contribution is 0.0875. The second-order valence-electron chi connectivity index (χ2n) is 5.33. The molecule has 0 fully saturated rings. The highest BCUT2D eigenvalue weighted by Crippen LogP contribution is 2.24. The molecule has 0 saturated carbocycles. The second-order valence-corrected chi connectivity index (χ2v) is 5.33. The Morgan fingerprint density at radius 3 is 2.70 bits per heavy atom. The summed E-state index contributed by atoms with van der Waals surface area (Å²) in [5.74, 6) is 1.31. The summed E-state index contributed by atoms with van der Waals surface area (Å²) in [5, 5.41) is 13.2. The van der Waals surface area contributed by atoms with E-state index in [4.69, 9.17) is 0 Å². The maximum Gasteiger partial charge on any atom is 0.226 e. The van der Waals surface area contributed by atoms with E-state index < -0.39 is 5.60 Å². The van der Waals surface area contributed by atoms with Gasteiger partial charge in [0.2, 0.25) is 5.95 Å². The molecule has 0 aliphatic carbocycles. The Hall–Kier alpha value is -1.89. The van der Waals surface area contributed by atoms with E-state index in [0.717, 1.165) is 24.4 Å². The molecule has 2 aromatic rings. The first-order valence-electron chi connectivity index (χ1n) is 6.87. The molecule has 0 atom stereocenters. The lowest BCUT2D eigenvalue weighted by Gasteiger charge is -2.29. The fraction of sp³-hybridized carbons (Fsp3) is 0.615. The zero-order chi connectivity index (χ0) is 14.8. The van der Waals surface area contributed by atoms with Gasteiger partial charge in [-0.15, -0.1) is 0 Å². The molecule has 0 aliphatic rings. The van der Waals surface area contributed by atoms with Crippen LogP contribution in [-0.4, -0.2) is 50.3 Å². The SMILES string of the molecule is CCNc1nc(N(CC)CC(C)(C)O)c2[nH]cnc2n1. The maximum absolute atomic E-state index is 10.0. The van der Waals surface area contributed by atoms with Gasteiger partial charge in [-0.1, -0.05) is 0 Å². The van der Waals surface area contributed by atoms with E-state index in [-0.39, 0.29) is 0 Å². The van der Waals surface area contributed by atoms with E-state index in [0.29, 0.717) is 18.1 Å². The molecule has 2 rings (SSSR count). The Bertz CT molecular complexity index is 574. The number of aliphatic hydroxyl groups is 1. The highest BCUT2D eigenvalue weighted by Gasteiger charge is 2.21. The third-order valence-corrected chi connectivity index (χ3v) is 2.86. The van der Waals surface area contributed by atoms with Crippen LogP contribution in [0.3, 0.4) is 0 Å². The van der Waals surface area contributed by atoms with Crippen LogP contribution in [0.1, 0.15) is 27.7 Å². The summed E-state index contributed by atoms with van der Waals surface area (Å²) < 4.78 is 0. The van der Waals surface area contributed by atoms with E-state index in [2.05, 4.69) is 25.3 Å². The smallest absolute Gasteiger partial charge is 0.226 e. The first-order valence-corrected chi connectivity index (χ1v) is 6.87. The van der Waals surface area contributed by atoms with Gasteiger partial charge in [-0.25, -0.2) is 4.98 Å². The topological polar surface area (TPSA) is 90.0 Å². The minimum absolute atomic E-state index is 0.486. The molecule has 0 unspecified atom stereocenters. The Labute approximate surface area is 118 Å². The predicted octanol–water partition coefficient (Wildman–Crippen LogP) is 1.38. The van der Waals surface area contributed by atoms with Crippen LogP contribution in [0.5, 0.6) is 0 Å². The quantitative estimate of drug-likeness (QED) is 0.739. The fourth-order valence-corrected chi connectivity index (χ4v) is 2.09. The first-order chi connectivity index (χ1) is 9.44. The number of nitrogens with one attached hydrogen (secondary N) is 2. The molecule has 0 spiro atoms. The van der Waals surface area contributed by atoms with Gasteiger partial charge in [0.1, 0.15) is 5.52 Å². The van der Waals surface area contributed by atoms with Crippen molar-refractivity contribution < 1.29 is 5.11 Å². The number of H-pyrrole nitrogens is 1. The van der Waals surface area contributed by atoms with Crippen molar-refractivity contribution in [1.29, 1.82) is 0 Å². The summed E-state index contributed by atoms with van der Waals surface area (Å²) in [6.07, 6.45) is 1.61. The van der Waals surface area contributed by atoms with E-state index in [1.807, 2.05) is 18.7 Å². The van der Waals surface area contributed by atoms with Crippen LogP contribution in [0.15, 0.2) is 6.33 Å². The van der Waals surface area contributed by atoms with Crippen LogP contribution in [-0.2, 0) is 0 Å². The summed E-state index contributed by atoms with van der Waals surface area (Å²) in [6, 6.07) is 0. The van der Waals surface area contributed by atoms with Gasteiger partial charge < -0.3 is 20.3 Å². The number of aromatic nitrogens is 4. The number of nitrogens with zero attached hydrogens (tertiary/aromatic N) is 4. The lowest BCUT2D eigenvalue weighted by Crippen LogP contribution is -2.39. The van der Waals surface area contributed by atoms with Crippen molar-refractivity contribution in [2.24, 2.45) is 0 Å². The molecule has 0 saturated heterocycles. The standard InChI is InChI=1S/C13H22N6O/c1-5-14-12-17-10-9(15-8-16-10)11(18-12)19(6-2)7-13(3,4)20/h8,20H,5-7H2,1-4H3,(H2,14,15,16,17,18). The summed E-state index contributed by atoms with van der Waals surface area (Å²) in [4.78, 5) is 18.2. The van der Waals surface area contributed by atoms with Gasteiger partial charge in [0, 0.05) is 19.6 Å². The molecule has 7 heteroatoms. The number of hydrogen-bond donors (Lipinski definition) is 3. The summed E-state index contributed by atoms with van der Waals surface area (Å²) in [5.41, 5.74) is 0.615. The van der Waals surface area contributed by atoms with E-state index >= 15 is 0 Å². The Kier molecular flexibility index (Phi) is 4.08. The number of hydrogen-bond acceptors (Lipinski definition) is 6. The molecule has 0 aliphatic heterocycles. The fourth-order valence-electron chi connectivity index (χ4n) is 2.09. The molecule has 7 nitrogen and oxygen atoms in total. The molecule has 0 aromatic carbocycles. The average molecular weight is 278 g/mol. The van der Waals surface area contributed by atoms with Crippen molar-refractivity contribution in [3.05, 3.63) is 6.33 Å². The van der Waals surface area contributed by atoms with E-state index in [1.165, 1.54) is 0 Å². The molecule has 0 bridgehead atoms. The zero-order valence-corrected chi connectivity index (χ0v) is 12.4. The first kappa shape index (κ1) is 14.5. The van der Waals surface area contributed by atoms with Gasteiger partial charge in [-0.05, 0) is 27.7 Å². The number of likely N-dealkylation sites (N-methyl/N-ethyl adjacent to an activating group) is 1. The van der Waals surface area contributed by atoms with Gasteiger partial charge >= 0.3 is 0 Å². The van der Waals surface area contributed by atoms with Crippen LogP contribution in [0.25, 0.3) is 11.2 Å². The van der Waals surface area contributed by atoms with Gasteiger partial charge in [-0.2, -0.15) is 9.97 Å². The van der Waals surface area contributed by atoms with Crippen LogP contribution in [0.4, 0.5) is 11.8 Å². The monoisotopic (exact) mass is 278 g/mol. The number of imidazole rings is 1. The van der Waals surface area contributed by atoms with E-state index in [9.17, 15) is 5.11 Å². The highest BCUT2D eigenvalue weighted by atomic mass is 16.3. The van der Waals surface area contributed by atoms with Crippen molar-refractivity contribution in [1.82, 2.24) is 19.9 Å². The van der Waals surface area contributed by atoms with Gasteiger partial charge in [-0.3, -0.25) is 0 Å². The van der Waals surface area contributed by atoms with Gasteiger partial charge in [0.15, 0.2) is 11.5 Å². The zero-order valence-electron chi connectivity index (χ0n) is 12.4. The Balaban J connectivity index is 2.46. The van der Waals surface area contributed by atoms with Gasteiger partial charge in [0.25, 0.3) is 0 Å². The predicted molar refractivity (Wildman–Crippen MR) is 80.0 cm³/mol. The third kappa shape index (κ3) is 3.16. The molecule has 110 valence electrons. The summed E-state index contributed by atoms with van der Waals surface area (Å²) in [6.45, 7) is 9.56. The number of anilines is 2. The maximum atomic E-state index is 10.0. The van der Waals surface area contributed by atoms with Crippen molar-refractivity contribution in [3.8, 4) is 0 Å². The van der Waals surface area contributed by atoms with Gasteiger partial charge in [0.05, 0.1) is 11.9 Å². The number of aromatic amines is 1. The summed E-state index contributed by atoms with van der Waals surface area (Å²) in [7, 11) is 0. The molecule has 2 aromatic heterocycles. The van der Waals surface area contributed by atoms with E-state index in [1.54, 1.807) is 20.2 Å². The van der Waals surface area contributed by atoms with Crippen LogP contribution < -0.4 is 10.2 Å². The normalized spacial score (nSPS) is 11.8. The lowest BCUT2D eigenvalue weighted by atomic mass is 10.1. The third-order valence-electron chi connectivity index (χ3n) is 2.86. The average Bonchev–Trinajstić information content (AvgIpc) is 2.82. The second kappa shape index (κ2) is 5.62. The van der Waals surface area contributed by atoms with Crippen molar-refractivity contribution in [2.75, 3.05) is 29.9 Å². The minimum Gasteiger partial charge on any atom is -0.389 e. The van der Waals surface area contributed by atoms with Crippen LogP contribution >= 0.6 is 0 Å². The number of fused-ring (bicyclic) bond motifs is 1. The van der Waals surface area contributed by atoms with Crippen LogP contribution in [0.2, 0.25) is 0 Å². The molecule has 2 heterocycles. The molecule has 0 amide bonds. The molecule has 3 N–H and O–H groups in total. The molecular formula is C13H22N6O. The summed E-state index contributed by atoms with van der Waals surface area (Å²) >= 11 is 0. The highest BCUT2D eigenvalue weighted by molar-refractivity contribution is 5.84. The minimum atomic E-state index is -0.800. The molecule has 0 radical (unpaired) electrons. The van der Waals surface area contributed by atoms with Crippen LogP contribution in [0, 0.1) is 0 Å². The number of rotatable bonds is 6. The van der Waals surface area contributed by atoms with Crippen molar-refractivity contribution >= 4 is 22.9 Å². The Morgan fingerprint density at radius 1 is 1.35 bits per heavy atom. The largest absolute Gasteiger partial charge is 0.389 e. The Morgan fingerprint density at radius 2 is 2.10 bits per heavy atom. The molecular weight excluding hydrogens is 256 g/mol. The molecule has 20 heavy (non-hydrogen) atoms. The van der Waals surface area contributed by atoms with Crippen molar-refractivity contribution in [2.45, 2.75) is 33.3 Å². The van der Waals surface area contributed by atoms with Crippen molar-refractivity contribution in [3.63, 3.8) is 0 Å².